The standard InChI is InChI=1S/C15H17NO2S/c17-11-14(12-5-2-1-3-6-12)16-15(18)9-8-13-7-4-10-19-13/h1-7,10,14,17H,8-9,11H2,(H,16,18)/t14-/m0/s1. The van der Waals surface area contributed by atoms with Gasteiger partial charge in [-0.05, 0) is 23.4 Å². The lowest BCUT2D eigenvalue weighted by Gasteiger charge is -2.16. The molecule has 2 aromatic rings. The molecule has 0 bridgehead atoms. The average Bonchev–Trinajstić information content (AvgIpc) is 2.97. The molecule has 1 atom stereocenters. The second-order valence-electron chi connectivity index (χ2n) is 4.29. The lowest BCUT2D eigenvalue weighted by Crippen LogP contribution is -2.30. The van der Waals surface area contributed by atoms with Crippen LogP contribution in [0.2, 0.25) is 0 Å². The summed E-state index contributed by atoms with van der Waals surface area (Å²) >= 11 is 1.66. The average molecular weight is 275 g/mol. The molecule has 0 fully saturated rings. The molecule has 0 aliphatic heterocycles. The quantitative estimate of drug-likeness (QED) is 0.851. The maximum atomic E-state index is 11.9. The van der Waals surface area contributed by atoms with Gasteiger partial charge >= 0.3 is 0 Å². The lowest BCUT2D eigenvalue weighted by molar-refractivity contribution is -0.122. The molecule has 0 radical (unpaired) electrons. The summed E-state index contributed by atoms with van der Waals surface area (Å²) in [5.74, 6) is -0.0312. The number of thiophene rings is 1. The van der Waals surface area contributed by atoms with Gasteiger partial charge in [-0.25, -0.2) is 0 Å². The number of aliphatic hydroxyl groups is 1. The second kappa shape index (κ2) is 7.07. The number of hydrogen-bond acceptors (Lipinski definition) is 3. The van der Waals surface area contributed by atoms with Gasteiger partial charge in [-0.1, -0.05) is 36.4 Å². The summed E-state index contributed by atoms with van der Waals surface area (Å²) in [6.07, 6.45) is 1.19. The number of carbonyl (C=O) groups is 1. The fourth-order valence-corrected chi connectivity index (χ4v) is 2.59. The van der Waals surface area contributed by atoms with Crippen LogP contribution in [0.3, 0.4) is 0 Å². The number of hydrogen-bond donors (Lipinski definition) is 2. The summed E-state index contributed by atoms with van der Waals surface area (Å²) in [6.45, 7) is -0.0885. The van der Waals surface area contributed by atoms with E-state index < -0.39 is 0 Å². The molecule has 0 saturated heterocycles. The van der Waals surface area contributed by atoms with Gasteiger partial charge in [0.1, 0.15) is 0 Å². The van der Waals surface area contributed by atoms with Crippen molar-refractivity contribution in [2.45, 2.75) is 18.9 Å². The van der Waals surface area contributed by atoms with Crippen molar-refractivity contribution >= 4 is 17.2 Å². The van der Waals surface area contributed by atoms with E-state index in [9.17, 15) is 9.90 Å². The highest BCUT2D eigenvalue weighted by Crippen LogP contribution is 2.13. The fourth-order valence-electron chi connectivity index (χ4n) is 1.88. The highest BCUT2D eigenvalue weighted by atomic mass is 32.1. The van der Waals surface area contributed by atoms with Gasteiger partial charge in [-0.3, -0.25) is 4.79 Å². The highest BCUT2D eigenvalue weighted by molar-refractivity contribution is 7.09. The Labute approximate surface area is 116 Å². The van der Waals surface area contributed by atoms with Crippen LogP contribution in [-0.2, 0) is 11.2 Å². The SMILES string of the molecule is O=C(CCc1cccs1)N[C@@H](CO)c1ccccc1. The van der Waals surface area contributed by atoms with Crippen LogP contribution in [0, 0.1) is 0 Å². The third kappa shape index (κ3) is 4.19. The van der Waals surface area contributed by atoms with Gasteiger partial charge in [0.2, 0.25) is 5.91 Å². The molecule has 2 N–H and O–H groups in total. The first-order chi connectivity index (χ1) is 9.29. The lowest BCUT2D eigenvalue weighted by atomic mass is 10.1. The van der Waals surface area contributed by atoms with Crippen LogP contribution in [0.25, 0.3) is 0 Å². The number of carbonyl (C=O) groups excluding carboxylic acids is 1. The van der Waals surface area contributed by atoms with Crippen LogP contribution in [0.15, 0.2) is 47.8 Å². The molecule has 0 aliphatic rings. The van der Waals surface area contributed by atoms with E-state index in [0.29, 0.717) is 6.42 Å². The molecule has 0 saturated carbocycles. The van der Waals surface area contributed by atoms with Gasteiger partial charge in [0, 0.05) is 11.3 Å². The number of nitrogens with one attached hydrogen (secondary N) is 1. The van der Waals surface area contributed by atoms with E-state index in [4.69, 9.17) is 0 Å². The number of aryl methyl sites for hydroxylation is 1. The third-order valence-corrected chi connectivity index (χ3v) is 3.83. The normalized spacial score (nSPS) is 12.1. The van der Waals surface area contributed by atoms with Crippen LogP contribution in [0.1, 0.15) is 22.9 Å². The zero-order chi connectivity index (χ0) is 13.5. The molecular weight excluding hydrogens is 258 g/mol. The molecule has 1 aromatic carbocycles. The van der Waals surface area contributed by atoms with Crippen molar-refractivity contribution in [3.05, 3.63) is 58.3 Å². The van der Waals surface area contributed by atoms with Crippen molar-refractivity contribution < 1.29 is 9.90 Å². The van der Waals surface area contributed by atoms with Crippen LogP contribution >= 0.6 is 11.3 Å². The molecule has 1 aromatic heterocycles. The van der Waals surface area contributed by atoms with Gasteiger partial charge in [0.15, 0.2) is 0 Å². The first-order valence-corrected chi connectivity index (χ1v) is 7.15. The van der Waals surface area contributed by atoms with Crippen molar-refractivity contribution in [1.82, 2.24) is 5.32 Å². The van der Waals surface area contributed by atoms with E-state index in [1.54, 1.807) is 11.3 Å². The molecule has 3 nitrogen and oxygen atoms in total. The minimum absolute atomic E-state index is 0.0312. The fraction of sp³-hybridized carbons (Fsp3) is 0.267. The second-order valence-corrected chi connectivity index (χ2v) is 5.32. The van der Waals surface area contributed by atoms with E-state index >= 15 is 0 Å². The number of rotatable bonds is 6. The van der Waals surface area contributed by atoms with Crippen molar-refractivity contribution in [3.8, 4) is 0 Å². The Morgan fingerprint density at radius 1 is 1.21 bits per heavy atom. The predicted octanol–water partition coefficient (Wildman–Crippen LogP) is 2.53. The van der Waals surface area contributed by atoms with Crippen LogP contribution in [0.5, 0.6) is 0 Å². The smallest absolute Gasteiger partial charge is 0.220 e. The predicted molar refractivity (Wildman–Crippen MR) is 77.1 cm³/mol. The Morgan fingerprint density at radius 2 is 2.00 bits per heavy atom. The minimum Gasteiger partial charge on any atom is -0.394 e. The maximum Gasteiger partial charge on any atom is 0.220 e. The monoisotopic (exact) mass is 275 g/mol. The Morgan fingerprint density at radius 3 is 2.63 bits per heavy atom. The van der Waals surface area contributed by atoms with Gasteiger partial charge < -0.3 is 10.4 Å². The Hall–Kier alpha value is -1.65. The molecule has 19 heavy (non-hydrogen) atoms. The van der Waals surface area contributed by atoms with E-state index in [0.717, 1.165) is 12.0 Å². The summed E-state index contributed by atoms with van der Waals surface area (Å²) in [5.41, 5.74) is 0.925. The van der Waals surface area contributed by atoms with E-state index in [1.807, 2.05) is 47.8 Å². The van der Waals surface area contributed by atoms with E-state index in [-0.39, 0.29) is 18.6 Å². The molecule has 4 heteroatoms. The van der Waals surface area contributed by atoms with Crippen molar-refractivity contribution in [2.24, 2.45) is 0 Å². The molecular formula is C15H17NO2S. The first kappa shape index (κ1) is 13.8. The van der Waals surface area contributed by atoms with E-state index in [1.165, 1.54) is 4.88 Å². The summed E-state index contributed by atoms with van der Waals surface area (Å²) in [5, 5.41) is 14.2. The van der Waals surface area contributed by atoms with Crippen LogP contribution in [-0.4, -0.2) is 17.6 Å². The largest absolute Gasteiger partial charge is 0.394 e. The molecule has 1 amide bonds. The zero-order valence-electron chi connectivity index (χ0n) is 10.6. The number of aliphatic hydroxyl groups excluding tert-OH is 1. The Kier molecular flexibility index (Phi) is 5.12. The third-order valence-electron chi connectivity index (χ3n) is 2.90. The number of benzene rings is 1. The summed E-state index contributed by atoms with van der Waals surface area (Å²) in [7, 11) is 0. The topological polar surface area (TPSA) is 49.3 Å². The van der Waals surface area contributed by atoms with E-state index in [2.05, 4.69) is 5.32 Å². The van der Waals surface area contributed by atoms with Crippen LogP contribution < -0.4 is 5.32 Å². The van der Waals surface area contributed by atoms with Crippen LogP contribution in [0.4, 0.5) is 0 Å². The van der Waals surface area contributed by atoms with Crippen molar-refractivity contribution in [1.29, 1.82) is 0 Å². The summed E-state index contributed by atoms with van der Waals surface area (Å²) < 4.78 is 0. The van der Waals surface area contributed by atoms with Gasteiger partial charge in [0.25, 0.3) is 0 Å². The zero-order valence-corrected chi connectivity index (χ0v) is 11.4. The molecule has 0 spiro atoms. The number of amides is 1. The summed E-state index contributed by atoms with van der Waals surface area (Å²) in [4.78, 5) is 13.1. The highest BCUT2D eigenvalue weighted by Gasteiger charge is 2.13. The Balaban J connectivity index is 1.86. The van der Waals surface area contributed by atoms with Gasteiger partial charge in [-0.15, -0.1) is 11.3 Å². The van der Waals surface area contributed by atoms with Crippen molar-refractivity contribution in [2.75, 3.05) is 6.61 Å². The molecule has 0 aliphatic carbocycles. The van der Waals surface area contributed by atoms with Crippen molar-refractivity contribution in [3.63, 3.8) is 0 Å². The Bertz CT molecular complexity index is 496. The summed E-state index contributed by atoms with van der Waals surface area (Å²) in [6, 6.07) is 13.2. The minimum atomic E-state index is -0.322. The van der Waals surface area contributed by atoms with Gasteiger partial charge in [-0.2, -0.15) is 0 Å². The molecule has 1 heterocycles. The molecule has 100 valence electrons. The first-order valence-electron chi connectivity index (χ1n) is 6.27. The van der Waals surface area contributed by atoms with Gasteiger partial charge in [0.05, 0.1) is 12.6 Å². The molecule has 2 rings (SSSR count). The molecule has 0 unspecified atom stereocenters. The maximum absolute atomic E-state index is 11.9.